The Kier molecular flexibility index (Phi) is 5.24. The highest BCUT2D eigenvalue weighted by atomic mass is 127. The second kappa shape index (κ2) is 6.26. The number of guanidine groups is 1. The lowest BCUT2D eigenvalue weighted by atomic mass is 10.5. The van der Waals surface area contributed by atoms with Gasteiger partial charge in [-0.1, -0.05) is 0 Å². The molecular weight excluding hydrogens is 343 g/mol. The monoisotopic (exact) mass is 364 g/mol. The standard InChI is InChI=1S/C11H20N6.HI/c1-16(2)11-14-7-9(17(11)3)6-13-10(12)15-8-4-5-8;/h7-8H,4-6H2,1-3H3,(H3,12,13,15);1H. The lowest BCUT2D eigenvalue weighted by Crippen LogP contribution is -2.33. The average molecular weight is 364 g/mol. The Balaban J connectivity index is 0.00000162. The predicted octanol–water partition coefficient (Wildman–Crippen LogP) is 0.671. The van der Waals surface area contributed by atoms with E-state index in [0.29, 0.717) is 18.5 Å². The maximum Gasteiger partial charge on any atom is 0.204 e. The third-order valence-electron chi connectivity index (χ3n) is 2.80. The fourth-order valence-electron chi connectivity index (χ4n) is 1.64. The summed E-state index contributed by atoms with van der Waals surface area (Å²) in [5.74, 6) is 1.45. The maximum absolute atomic E-state index is 5.78. The van der Waals surface area contributed by atoms with Crippen molar-refractivity contribution >= 4 is 35.9 Å². The molecule has 0 saturated heterocycles. The minimum absolute atomic E-state index is 0. The van der Waals surface area contributed by atoms with Crippen LogP contribution in [0.1, 0.15) is 18.5 Å². The molecule has 2 rings (SSSR count). The van der Waals surface area contributed by atoms with Crippen LogP contribution in [-0.2, 0) is 13.6 Å². The van der Waals surface area contributed by atoms with E-state index < -0.39 is 0 Å². The molecule has 102 valence electrons. The molecule has 18 heavy (non-hydrogen) atoms. The third-order valence-corrected chi connectivity index (χ3v) is 2.80. The Labute approximate surface area is 125 Å². The number of aromatic nitrogens is 2. The molecule has 1 fully saturated rings. The van der Waals surface area contributed by atoms with Gasteiger partial charge in [0.25, 0.3) is 0 Å². The Morgan fingerprint density at radius 3 is 2.78 bits per heavy atom. The van der Waals surface area contributed by atoms with E-state index in [1.54, 1.807) is 0 Å². The summed E-state index contributed by atoms with van der Waals surface area (Å²) in [5, 5.41) is 3.16. The van der Waals surface area contributed by atoms with Gasteiger partial charge in [-0.05, 0) is 12.8 Å². The number of anilines is 1. The van der Waals surface area contributed by atoms with E-state index in [2.05, 4.69) is 15.3 Å². The van der Waals surface area contributed by atoms with E-state index in [0.717, 1.165) is 11.6 Å². The first kappa shape index (κ1) is 15.1. The zero-order valence-corrected chi connectivity index (χ0v) is 13.4. The molecule has 1 aliphatic carbocycles. The summed E-state index contributed by atoms with van der Waals surface area (Å²) < 4.78 is 2.02. The lowest BCUT2D eigenvalue weighted by molar-refractivity contribution is 0.794. The molecule has 0 amide bonds. The summed E-state index contributed by atoms with van der Waals surface area (Å²) in [6.45, 7) is 0.558. The maximum atomic E-state index is 5.78. The number of imidazole rings is 1. The van der Waals surface area contributed by atoms with E-state index in [1.807, 2.05) is 36.8 Å². The molecule has 0 unspecified atom stereocenters. The van der Waals surface area contributed by atoms with Crippen LogP contribution in [0.2, 0.25) is 0 Å². The normalized spacial score (nSPS) is 15.2. The molecule has 6 nitrogen and oxygen atoms in total. The van der Waals surface area contributed by atoms with Crippen LogP contribution in [0.3, 0.4) is 0 Å². The van der Waals surface area contributed by atoms with Crippen molar-refractivity contribution in [3.05, 3.63) is 11.9 Å². The van der Waals surface area contributed by atoms with Gasteiger partial charge in [-0.3, -0.25) is 0 Å². The first-order valence-electron chi connectivity index (χ1n) is 5.82. The smallest absolute Gasteiger partial charge is 0.204 e. The molecule has 1 aromatic heterocycles. The molecule has 1 saturated carbocycles. The molecule has 0 spiro atoms. The van der Waals surface area contributed by atoms with Crippen molar-refractivity contribution in [2.75, 3.05) is 19.0 Å². The minimum Gasteiger partial charge on any atom is -0.370 e. The fourth-order valence-corrected chi connectivity index (χ4v) is 1.64. The largest absolute Gasteiger partial charge is 0.370 e. The third kappa shape index (κ3) is 3.76. The van der Waals surface area contributed by atoms with E-state index in [1.165, 1.54) is 12.8 Å². The quantitative estimate of drug-likeness (QED) is 0.468. The highest BCUT2D eigenvalue weighted by molar-refractivity contribution is 14.0. The van der Waals surface area contributed by atoms with E-state index in [4.69, 9.17) is 5.73 Å². The van der Waals surface area contributed by atoms with Crippen LogP contribution in [0.15, 0.2) is 11.2 Å². The van der Waals surface area contributed by atoms with E-state index in [-0.39, 0.29) is 24.0 Å². The van der Waals surface area contributed by atoms with Gasteiger partial charge in [-0.15, -0.1) is 24.0 Å². The first-order chi connectivity index (χ1) is 8.08. The van der Waals surface area contributed by atoms with Crippen molar-refractivity contribution in [2.24, 2.45) is 17.8 Å². The first-order valence-corrected chi connectivity index (χ1v) is 5.82. The molecule has 1 aromatic rings. The van der Waals surface area contributed by atoms with Crippen LogP contribution in [0.4, 0.5) is 5.95 Å². The second-order valence-corrected chi connectivity index (χ2v) is 4.62. The molecule has 0 aromatic carbocycles. The molecule has 7 heteroatoms. The summed E-state index contributed by atoms with van der Waals surface area (Å²) in [4.78, 5) is 10.6. The van der Waals surface area contributed by atoms with Gasteiger partial charge >= 0.3 is 0 Å². The Bertz CT molecular complexity index is 421. The fraction of sp³-hybridized carbons (Fsp3) is 0.636. The molecule has 3 N–H and O–H groups in total. The summed E-state index contributed by atoms with van der Waals surface area (Å²) in [6.07, 6.45) is 4.24. The average Bonchev–Trinajstić information content (AvgIpc) is 2.98. The van der Waals surface area contributed by atoms with Crippen LogP contribution in [0, 0.1) is 0 Å². The van der Waals surface area contributed by atoms with E-state index in [9.17, 15) is 0 Å². The van der Waals surface area contributed by atoms with Crippen molar-refractivity contribution in [3.8, 4) is 0 Å². The summed E-state index contributed by atoms with van der Waals surface area (Å²) in [7, 11) is 5.93. The highest BCUT2D eigenvalue weighted by Gasteiger charge is 2.21. The van der Waals surface area contributed by atoms with Crippen LogP contribution < -0.4 is 16.0 Å². The molecule has 0 atom stereocenters. The number of hydrogen-bond acceptors (Lipinski definition) is 3. The van der Waals surface area contributed by atoms with Gasteiger partial charge in [-0.25, -0.2) is 9.98 Å². The molecular formula is C11H21IN6. The Hall–Kier alpha value is -0.990. The second-order valence-electron chi connectivity index (χ2n) is 4.62. The predicted molar refractivity (Wildman–Crippen MR) is 84.4 cm³/mol. The van der Waals surface area contributed by atoms with Gasteiger partial charge in [0.05, 0.1) is 18.4 Å². The van der Waals surface area contributed by atoms with Crippen LogP contribution in [0.25, 0.3) is 0 Å². The van der Waals surface area contributed by atoms with Gasteiger partial charge in [-0.2, -0.15) is 0 Å². The lowest BCUT2D eigenvalue weighted by Gasteiger charge is -2.12. The number of rotatable bonds is 4. The minimum atomic E-state index is 0. The molecule has 0 aliphatic heterocycles. The zero-order chi connectivity index (χ0) is 12.4. The topological polar surface area (TPSA) is 71.5 Å². The summed E-state index contributed by atoms with van der Waals surface area (Å²) in [6, 6.07) is 0.544. The SMILES string of the molecule is CN(C)c1ncc(CN=C(N)NC2CC2)n1C.I. The van der Waals surface area contributed by atoms with E-state index >= 15 is 0 Å². The number of halogens is 1. The molecule has 0 bridgehead atoms. The molecule has 1 aliphatic rings. The van der Waals surface area contributed by atoms with Gasteiger partial charge in [0.15, 0.2) is 5.96 Å². The van der Waals surface area contributed by atoms with Crippen molar-refractivity contribution in [1.82, 2.24) is 14.9 Å². The Morgan fingerprint density at radius 1 is 1.61 bits per heavy atom. The van der Waals surface area contributed by atoms with Gasteiger partial charge in [0, 0.05) is 27.2 Å². The number of nitrogens with zero attached hydrogens (tertiary/aromatic N) is 4. The molecule has 1 heterocycles. The van der Waals surface area contributed by atoms with Crippen molar-refractivity contribution < 1.29 is 0 Å². The number of nitrogens with two attached hydrogens (primary N) is 1. The number of aliphatic imine (C=N–C) groups is 1. The van der Waals surface area contributed by atoms with Gasteiger partial charge in [0.1, 0.15) is 0 Å². The van der Waals surface area contributed by atoms with Gasteiger partial charge in [0.2, 0.25) is 5.95 Å². The van der Waals surface area contributed by atoms with Crippen LogP contribution >= 0.6 is 24.0 Å². The molecule has 0 radical (unpaired) electrons. The Morgan fingerprint density at radius 2 is 2.28 bits per heavy atom. The summed E-state index contributed by atoms with van der Waals surface area (Å²) in [5.41, 5.74) is 6.83. The summed E-state index contributed by atoms with van der Waals surface area (Å²) >= 11 is 0. The number of nitrogens with one attached hydrogen (secondary N) is 1. The highest BCUT2D eigenvalue weighted by Crippen LogP contribution is 2.18. The van der Waals surface area contributed by atoms with Crippen molar-refractivity contribution in [2.45, 2.75) is 25.4 Å². The number of hydrogen-bond donors (Lipinski definition) is 2. The van der Waals surface area contributed by atoms with Gasteiger partial charge < -0.3 is 20.5 Å². The van der Waals surface area contributed by atoms with Crippen molar-refractivity contribution in [3.63, 3.8) is 0 Å². The van der Waals surface area contributed by atoms with Crippen LogP contribution in [0.5, 0.6) is 0 Å². The van der Waals surface area contributed by atoms with Crippen LogP contribution in [-0.4, -0.2) is 35.6 Å². The van der Waals surface area contributed by atoms with Crippen molar-refractivity contribution in [1.29, 1.82) is 0 Å². The zero-order valence-electron chi connectivity index (χ0n) is 11.1.